The summed E-state index contributed by atoms with van der Waals surface area (Å²) in [5.74, 6) is -0.0299. The summed E-state index contributed by atoms with van der Waals surface area (Å²) in [7, 11) is -2.72. The standard InChI is InChI=1S/C17H17O2P/c1-15(18)9-8-14-20(19,16-10-4-2-5-11-16)17-12-6-3-7-13-17/h2-13H,14H2,1H3. The molecular formula is C17H17O2P. The molecule has 0 saturated carbocycles. The Bertz CT molecular complexity index is 602. The second-order valence-corrected chi connectivity index (χ2v) is 7.48. The van der Waals surface area contributed by atoms with Crippen LogP contribution in [0, 0.1) is 0 Å². The lowest BCUT2D eigenvalue weighted by Crippen LogP contribution is -2.17. The third-order valence-corrected chi connectivity index (χ3v) is 6.05. The van der Waals surface area contributed by atoms with Crippen LogP contribution in [-0.4, -0.2) is 11.9 Å². The molecule has 2 rings (SSSR count). The van der Waals surface area contributed by atoms with Gasteiger partial charge in [0.15, 0.2) is 5.78 Å². The van der Waals surface area contributed by atoms with E-state index in [1.165, 1.54) is 13.0 Å². The minimum absolute atomic E-state index is 0.0299. The average Bonchev–Trinajstić information content (AvgIpc) is 2.48. The zero-order valence-electron chi connectivity index (χ0n) is 11.4. The fourth-order valence-electron chi connectivity index (χ4n) is 2.06. The van der Waals surface area contributed by atoms with Gasteiger partial charge in [0, 0.05) is 16.8 Å². The first-order chi connectivity index (χ1) is 9.63. The number of benzene rings is 2. The number of carbonyl (C=O) groups excluding carboxylic acids is 1. The highest BCUT2D eigenvalue weighted by Gasteiger charge is 2.25. The van der Waals surface area contributed by atoms with E-state index in [0.717, 1.165) is 10.6 Å². The summed E-state index contributed by atoms with van der Waals surface area (Å²) in [6.45, 7) is 1.49. The van der Waals surface area contributed by atoms with Crippen LogP contribution < -0.4 is 10.6 Å². The van der Waals surface area contributed by atoms with Crippen molar-refractivity contribution in [2.45, 2.75) is 6.92 Å². The highest BCUT2D eigenvalue weighted by atomic mass is 31.2. The van der Waals surface area contributed by atoms with Crippen molar-refractivity contribution < 1.29 is 9.36 Å². The SMILES string of the molecule is CC(=O)C=CCP(=O)(c1ccccc1)c1ccccc1. The van der Waals surface area contributed by atoms with Crippen LogP contribution in [0.4, 0.5) is 0 Å². The summed E-state index contributed by atoms with van der Waals surface area (Å²) in [6, 6.07) is 18.9. The molecule has 2 aromatic rings. The fraction of sp³-hybridized carbons (Fsp3) is 0.118. The minimum Gasteiger partial charge on any atom is -0.313 e. The highest BCUT2D eigenvalue weighted by Crippen LogP contribution is 2.43. The average molecular weight is 284 g/mol. The Hall–Kier alpha value is -1.92. The molecule has 20 heavy (non-hydrogen) atoms. The van der Waals surface area contributed by atoms with Crippen molar-refractivity contribution in [2.24, 2.45) is 0 Å². The Morgan fingerprint density at radius 2 is 1.40 bits per heavy atom. The third-order valence-electron chi connectivity index (χ3n) is 3.06. The van der Waals surface area contributed by atoms with Crippen LogP contribution in [0.3, 0.4) is 0 Å². The van der Waals surface area contributed by atoms with Crippen molar-refractivity contribution in [1.29, 1.82) is 0 Å². The normalized spacial score (nSPS) is 11.7. The van der Waals surface area contributed by atoms with Gasteiger partial charge < -0.3 is 4.57 Å². The van der Waals surface area contributed by atoms with E-state index in [9.17, 15) is 9.36 Å². The number of allylic oxidation sites excluding steroid dienone is 2. The van der Waals surface area contributed by atoms with Crippen molar-refractivity contribution in [3.05, 3.63) is 72.8 Å². The largest absolute Gasteiger partial charge is 0.313 e. The molecule has 2 aromatic carbocycles. The van der Waals surface area contributed by atoms with E-state index in [-0.39, 0.29) is 5.78 Å². The highest BCUT2D eigenvalue weighted by molar-refractivity contribution is 7.78. The van der Waals surface area contributed by atoms with E-state index in [0.29, 0.717) is 6.16 Å². The van der Waals surface area contributed by atoms with Crippen LogP contribution >= 0.6 is 7.14 Å². The van der Waals surface area contributed by atoms with E-state index in [2.05, 4.69) is 0 Å². The van der Waals surface area contributed by atoms with Gasteiger partial charge in [-0.3, -0.25) is 4.79 Å². The second kappa shape index (κ2) is 6.49. The summed E-state index contributed by atoms with van der Waals surface area (Å²) in [5.41, 5.74) is 0. The fourth-order valence-corrected chi connectivity index (χ4v) is 4.49. The molecule has 0 unspecified atom stereocenters. The molecule has 0 aromatic heterocycles. The maximum absolute atomic E-state index is 13.4. The molecule has 0 N–H and O–H groups in total. The van der Waals surface area contributed by atoms with Gasteiger partial charge in [-0.1, -0.05) is 66.7 Å². The molecule has 0 saturated heterocycles. The van der Waals surface area contributed by atoms with Crippen LogP contribution in [-0.2, 0) is 9.36 Å². The Balaban J connectivity index is 2.44. The van der Waals surface area contributed by atoms with Crippen molar-refractivity contribution in [3.8, 4) is 0 Å². The predicted molar refractivity (Wildman–Crippen MR) is 84.4 cm³/mol. The van der Waals surface area contributed by atoms with Gasteiger partial charge in [0.25, 0.3) is 0 Å². The number of hydrogen-bond donors (Lipinski definition) is 0. The number of hydrogen-bond acceptors (Lipinski definition) is 2. The van der Waals surface area contributed by atoms with Crippen molar-refractivity contribution >= 4 is 23.5 Å². The van der Waals surface area contributed by atoms with Gasteiger partial charge in [-0.05, 0) is 13.0 Å². The zero-order chi connectivity index (χ0) is 14.4. The van der Waals surface area contributed by atoms with Crippen molar-refractivity contribution in [3.63, 3.8) is 0 Å². The van der Waals surface area contributed by atoms with Crippen LogP contribution in [0.2, 0.25) is 0 Å². The molecule has 0 atom stereocenters. The number of rotatable bonds is 5. The van der Waals surface area contributed by atoms with Gasteiger partial charge in [0.1, 0.15) is 7.14 Å². The molecule has 0 aliphatic heterocycles. The molecule has 102 valence electrons. The predicted octanol–water partition coefficient (Wildman–Crippen LogP) is 3.15. The van der Waals surface area contributed by atoms with Crippen LogP contribution in [0.15, 0.2) is 72.8 Å². The Labute approximate surface area is 119 Å². The van der Waals surface area contributed by atoms with Gasteiger partial charge in [-0.2, -0.15) is 0 Å². The van der Waals surface area contributed by atoms with Gasteiger partial charge in [0.05, 0.1) is 0 Å². The molecule has 0 radical (unpaired) electrons. The summed E-state index contributed by atoms with van der Waals surface area (Å²) in [6.07, 6.45) is 3.56. The Kier molecular flexibility index (Phi) is 4.70. The molecule has 0 amide bonds. The van der Waals surface area contributed by atoms with Crippen molar-refractivity contribution in [2.75, 3.05) is 6.16 Å². The monoisotopic (exact) mass is 284 g/mol. The maximum atomic E-state index is 13.4. The summed E-state index contributed by atoms with van der Waals surface area (Å²) in [4.78, 5) is 11.0. The summed E-state index contributed by atoms with van der Waals surface area (Å²) in [5, 5.41) is 1.64. The second-order valence-electron chi connectivity index (χ2n) is 4.61. The zero-order valence-corrected chi connectivity index (χ0v) is 12.3. The molecule has 0 spiro atoms. The molecule has 0 aliphatic carbocycles. The topological polar surface area (TPSA) is 34.1 Å². The molecule has 0 fully saturated rings. The van der Waals surface area contributed by atoms with E-state index in [1.807, 2.05) is 60.7 Å². The van der Waals surface area contributed by atoms with Gasteiger partial charge in [0.2, 0.25) is 0 Å². The molecule has 3 heteroatoms. The lowest BCUT2D eigenvalue weighted by molar-refractivity contribution is -0.112. The Morgan fingerprint density at radius 1 is 0.950 bits per heavy atom. The van der Waals surface area contributed by atoms with Crippen LogP contribution in [0.1, 0.15) is 6.92 Å². The van der Waals surface area contributed by atoms with E-state index in [1.54, 1.807) is 6.08 Å². The summed E-state index contributed by atoms with van der Waals surface area (Å²) >= 11 is 0. The van der Waals surface area contributed by atoms with Gasteiger partial charge in [-0.25, -0.2) is 0 Å². The quantitative estimate of drug-likeness (QED) is 0.624. The van der Waals surface area contributed by atoms with Crippen LogP contribution in [0.5, 0.6) is 0 Å². The summed E-state index contributed by atoms with van der Waals surface area (Å²) < 4.78 is 13.4. The maximum Gasteiger partial charge on any atom is 0.152 e. The third kappa shape index (κ3) is 3.34. The lowest BCUT2D eigenvalue weighted by atomic mass is 10.4. The number of ketones is 1. The molecule has 0 heterocycles. The lowest BCUT2D eigenvalue weighted by Gasteiger charge is -2.17. The van der Waals surface area contributed by atoms with Crippen molar-refractivity contribution in [1.82, 2.24) is 0 Å². The first-order valence-electron chi connectivity index (χ1n) is 6.50. The first kappa shape index (κ1) is 14.5. The van der Waals surface area contributed by atoms with E-state index < -0.39 is 7.14 Å². The van der Waals surface area contributed by atoms with E-state index >= 15 is 0 Å². The smallest absolute Gasteiger partial charge is 0.152 e. The van der Waals surface area contributed by atoms with E-state index in [4.69, 9.17) is 0 Å². The minimum atomic E-state index is -2.72. The number of carbonyl (C=O) groups is 1. The molecule has 0 aliphatic rings. The first-order valence-corrected chi connectivity index (χ1v) is 8.39. The molecular weight excluding hydrogens is 267 g/mol. The molecule has 0 bridgehead atoms. The van der Waals surface area contributed by atoms with Crippen LogP contribution in [0.25, 0.3) is 0 Å². The van der Waals surface area contributed by atoms with Gasteiger partial charge >= 0.3 is 0 Å². The molecule has 2 nitrogen and oxygen atoms in total. The Morgan fingerprint density at radius 3 is 1.80 bits per heavy atom. The van der Waals surface area contributed by atoms with Gasteiger partial charge in [-0.15, -0.1) is 0 Å².